The van der Waals surface area contributed by atoms with Crippen molar-refractivity contribution in [2.45, 2.75) is 0 Å². The zero-order valence-corrected chi connectivity index (χ0v) is 7.37. The zero-order chi connectivity index (χ0) is 8.43. The molecule has 0 atom stereocenters. The first kappa shape index (κ1) is 8.38. The number of carboxylic acids is 1. The molecular formula is C6H3FINO2. The minimum absolute atomic E-state index is 0.392. The largest absolute Gasteiger partial charge is 0.478 e. The Labute approximate surface area is 75.4 Å². The van der Waals surface area contributed by atoms with Crippen LogP contribution in [0.25, 0.3) is 0 Å². The Morgan fingerprint density at radius 2 is 2.36 bits per heavy atom. The second-order valence-electron chi connectivity index (χ2n) is 1.80. The number of nitrogens with zero attached hydrogens (tertiary/aromatic N) is 1. The molecule has 0 radical (unpaired) electrons. The lowest BCUT2D eigenvalue weighted by Crippen LogP contribution is -2.02. The molecule has 0 aliphatic carbocycles. The Balaban J connectivity index is 3.23. The highest BCUT2D eigenvalue weighted by molar-refractivity contribution is 14.1. The molecule has 0 bridgehead atoms. The van der Waals surface area contributed by atoms with Gasteiger partial charge in [-0.1, -0.05) is 0 Å². The van der Waals surface area contributed by atoms with Crippen molar-refractivity contribution in [1.82, 2.24) is 4.98 Å². The topological polar surface area (TPSA) is 50.2 Å². The Morgan fingerprint density at radius 3 is 2.82 bits per heavy atom. The maximum Gasteiger partial charge on any atom is 0.340 e. The van der Waals surface area contributed by atoms with Gasteiger partial charge < -0.3 is 5.11 Å². The highest BCUT2D eigenvalue weighted by Gasteiger charge is 2.10. The third-order valence-electron chi connectivity index (χ3n) is 1.04. The third kappa shape index (κ3) is 1.86. The van der Waals surface area contributed by atoms with Crippen LogP contribution in [0.2, 0.25) is 0 Å². The van der Waals surface area contributed by atoms with E-state index in [1.165, 1.54) is 12.3 Å². The van der Waals surface area contributed by atoms with E-state index in [0.717, 1.165) is 0 Å². The summed E-state index contributed by atoms with van der Waals surface area (Å²) in [5.41, 5.74) is -0.392. The van der Waals surface area contributed by atoms with Gasteiger partial charge in [-0.05, 0) is 28.7 Å². The predicted octanol–water partition coefficient (Wildman–Crippen LogP) is 1.52. The minimum Gasteiger partial charge on any atom is -0.478 e. The van der Waals surface area contributed by atoms with Crippen molar-refractivity contribution in [2.24, 2.45) is 0 Å². The molecule has 0 saturated carbocycles. The minimum atomic E-state index is -1.30. The SMILES string of the molecule is O=C(O)c1cc(I)cnc1F. The van der Waals surface area contributed by atoms with Gasteiger partial charge in [0.25, 0.3) is 0 Å². The van der Waals surface area contributed by atoms with E-state index in [0.29, 0.717) is 3.57 Å². The summed E-state index contributed by atoms with van der Waals surface area (Å²) in [6.45, 7) is 0. The average Bonchev–Trinajstić information content (AvgIpc) is 1.94. The van der Waals surface area contributed by atoms with Crippen molar-refractivity contribution in [3.05, 3.63) is 27.3 Å². The van der Waals surface area contributed by atoms with E-state index < -0.39 is 17.5 Å². The highest BCUT2D eigenvalue weighted by atomic mass is 127. The van der Waals surface area contributed by atoms with Crippen LogP contribution in [0, 0.1) is 9.52 Å². The molecule has 3 nitrogen and oxygen atoms in total. The van der Waals surface area contributed by atoms with Crippen molar-refractivity contribution in [2.75, 3.05) is 0 Å². The molecule has 0 spiro atoms. The summed E-state index contributed by atoms with van der Waals surface area (Å²) in [6, 6.07) is 1.23. The van der Waals surface area contributed by atoms with Crippen molar-refractivity contribution in [3.63, 3.8) is 0 Å². The van der Waals surface area contributed by atoms with Gasteiger partial charge in [0.1, 0.15) is 5.56 Å². The molecule has 58 valence electrons. The number of halogens is 2. The summed E-state index contributed by atoms with van der Waals surface area (Å²) in [5.74, 6) is -2.24. The predicted molar refractivity (Wildman–Crippen MR) is 43.9 cm³/mol. The van der Waals surface area contributed by atoms with Gasteiger partial charge in [0.05, 0.1) is 0 Å². The second-order valence-corrected chi connectivity index (χ2v) is 3.04. The fraction of sp³-hybridized carbons (Fsp3) is 0. The molecule has 0 aliphatic heterocycles. The summed E-state index contributed by atoms with van der Waals surface area (Å²) in [5, 5.41) is 8.41. The van der Waals surface area contributed by atoms with Crippen molar-refractivity contribution >= 4 is 28.6 Å². The number of aromatic nitrogens is 1. The molecule has 1 rings (SSSR count). The number of hydrogen-bond acceptors (Lipinski definition) is 2. The van der Waals surface area contributed by atoms with E-state index in [1.807, 2.05) is 22.6 Å². The lowest BCUT2D eigenvalue weighted by molar-refractivity contribution is 0.0690. The molecule has 11 heavy (non-hydrogen) atoms. The smallest absolute Gasteiger partial charge is 0.340 e. The quantitative estimate of drug-likeness (QED) is 0.620. The van der Waals surface area contributed by atoms with Gasteiger partial charge in [0, 0.05) is 9.77 Å². The van der Waals surface area contributed by atoms with Crippen LogP contribution < -0.4 is 0 Å². The van der Waals surface area contributed by atoms with E-state index in [9.17, 15) is 9.18 Å². The molecule has 5 heteroatoms. The molecule has 0 unspecified atom stereocenters. The fourth-order valence-corrected chi connectivity index (χ4v) is 1.02. The van der Waals surface area contributed by atoms with Gasteiger partial charge in [-0.3, -0.25) is 0 Å². The molecule has 0 aromatic carbocycles. The van der Waals surface area contributed by atoms with E-state index in [1.54, 1.807) is 0 Å². The second kappa shape index (κ2) is 3.12. The number of hydrogen-bond donors (Lipinski definition) is 1. The summed E-state index contributed by atoms with van der Waals surface area (Å²) >= 11 is 1.86. The third-order valence-corrected chi connectivity index (χ3v) is 1.63. The van der Waals surface area contributed by atoms with Crippen LogP contribution in [-0.2, 0) is 0 Å². The lowest BCUT2D eigenvalue weighted by Gasteiger charge is -1.95. The van der Waals surface area contributed by atoms with Gasteiger partial charge in [-0.15, -0.1) is 0 Å². The van der Waals surface area contributed by atoms with Crippen LogP contribution in [0.15, 0.2) is 12.3 Å². The van der Waals surface area contributed by atoms with E-state index >= 15 is 0 Å². The highest BCUT2D eigenvalue weighted by Crippen LogP contribution is 2.08. The summed E-state index contributed by atoms with van der Waals surface area (Å²) in [4.78, 5) is 13.5. The van der Waals surface area contributed by atoms with Crippen LogP contribution in [0.4, 0.5) is 4.39 Å². The molecule has 0 aliphatic rings. The van der Waals surface area contributed by atoms with Gasteiger partial charge in [-0.2, -0.15) is 4.39 Å². The van der Waals surface area contributed by atoms with Crippen LogP contribution >= 0.6 is 22.6 Å². The van der Waals surface area contributed by atoms with E-state index in [4.69, 9.17) is 5.11 Å². The standard InChI is InChI=1S/C6H3FINO2/c7-5-4(6(10)11)1-3(8)2-9-5/h1-2H,(H,10,11). The number of pyridine rings is 1. The Bertz CT molecular complexity index is 303. The van der Waals surface area contributed by atoms with Crippen molar-refractivity contribution < 1.29 is 14.3 Å². The summed E-state index contributed by atoms with van der Waals surface area (Å²) in [7, 11) is 0. The summed E-state index contributed by atoms with van der Waals surface area (Å²) in [6.07, 6.45) is 1.27. The fourth-order valence-electron chi connectivity index (χ4n) is 0.573. The van der Waals surface area contributed by atoms with Gasteiger partial charge >= 0.3 is 5.97 Å². The lowest BCUT2D eigenvalue weighted by atomic mass is 10.3. The van der Waals surface area contributed by atoms with Crippen LogP contribution in [0.5, 0.6) is 0 Å². The molecule has 0 saturated heterocycles. The molecular weight excluding hydrogens is 264 g/mol. The first-order valence-corrected chi connectivity index (χ1v) is 3.73. The first-order valence-electron chi connectivity index (χ1n) is 2.65. The Morgan fingerprint density at radius 1 is 1.73 bits per heavy atom. The Kier molecular flexibility index (Phi) is 2.38. The summed E-state index contributed by atoms with van der Waals surface area (Å²) < 4.78 is 13.1. The maximum absolute atomic E-state index is 12.5. The van der Waals surface area contributed by atoms with Gasteiger partial charge in [0.2, 0.25) is 5.95 Å². The molecule has 0 amide bonds. The van der Waals surface area contributed by atoms with E-state index in [-0.39, 0.29) is 0 Å². The normalized spacial score (nSPS) is 9.64. The maximum atomic E-state index is 12.5. The molecule has 0 fully saturated rings. The molecule has 1 heterocycles. The van der Waals surface area contributed by atoms with Gasteiger partial charge in [0.15, 0.2) is 0 Å². The monoisotopic (exact) mass is 267 g/mol. The molecule has 1 N–H and O–H groups in total. The number of carboxylic acid groups (broad SMARTS) is 1. The number of carbonyl (C=O) groups is 1. The number of rotatable bonds is 1. The van der Waals surface area contributed by atoms with Crippen molar-refractivity contribution in [3.8, 4) is 0 Å². The van der Waals surface area contributed by atoms with Crippen LogP contribution in [0.3, 0.4) is 0 Å². The zero-order valence-electron chi connectivity index (χ0n) is 5.21. The average molecular weight is 267 g/mol. The molecule has 1 aromatic rings. The Hall–Kier alpha value is -0.720. The number of aromatic carboxylic acids is 1. The van der Waals surface area contributed by atoms with Crippen LogP contribution in [-0.4, -0.2) is 16.1 Å². The first-order chi connectivity index (χ1) is 5.11. The van der Waals surface area contributed by atoms with Gasteiger partial charge in [-0.25, -0.2) is 9.78 Å². The van der Waals surface area contributed by atoms with E-state index in [2.05, 4.69) is 4.98 Å². The molecule has 1 aromatic heterocycles. The van der Waals surface area contributed by atoms with Crippen LogP contribution in [0.1, 0.15) is 10.4 Å². The van der Waals surface area contributed by atoms with Crippen molar-refractivity contribution in [1.29, 1.82) is 0 Å².